The lowest BCUT2D eigenvalue weighted by Gasteiger charge is -2.15. The molecule has 1 atom stereocenters. The number of aryl methyl sites for hydroxylation is 1. The number of hydrogen-bond acceptors (Lipinski definition) is 5. The van der Waals surface area contributed by atoms with Crippen LogP contribution in [0.2, 0.25) is 0 Å². The van der Waals surface area contributed by atoms with Gasteiger partial charge in [-0.2, -0.15) is 5.10 Å². The minimum atomic E-state index is 0.340. The van der Waals surface area contributed by atoms with Crippen molar-refractivity contribution in [2.75, 3.05) is 18.4 Å². The Hall–Kier alpha value is -2.38. The van der Waals surface area contributed by atoms with Crippen LogP contribution in [0, 0.1) is 5.92 Å². The van der Waals surface area contributed by atoms with Crippen molar-refractivity contribution in [1.29, 1.82) is 0 Å². The largest absolute Gasteiger partial charge is 0.370 e. The number of nitrogens with zero attached hydrogens (tertiary/aromatic N) is 5. The maximum Gasteiger partial charge on any atom is 0.188 e. The zero-order valence-electron chi connectivity index (χ0n) is 15.7. The molecule has 2 aromatic heterocycles. The van der Waals surface area contributed by atoms with Gasteiger partial charge in [0.2, 0.25) is 0 Å². The van der Waals surface area contributed by atoms with Gasteiger partial charge in [0, 0.05) is 19.6 Å². The number of anilines is 1. The molecular weight excluding hydrogens is 316 g/mol. The predicted molar refractivity (Wildman–Crippen MR) is 103 cm³/mol. The highest BCUT2D eigenvalue weighted by Gasteiger charge is 2.07. The van der Waals surface area contributed by atoms with Crippen LogP contribution >= 0.6 is 0 Å². The van der Waals surface area contributed by atoms with E-state index in [0.717, 1.165) is 29.2 Å². The molecule has 2 aromatic rings. The fraction of sp³-hybridized carbons (Fsp3) is 0.647. The van der Waals surface area contributed by atoms with E-state index in [1.165, 1.54) is 19.2 Å². The van der Waals surface area contributed by atoms with Crippen LogP contribution in [0.4, 0.5) is 5.82 Å². The van der Waals surface area contributed by atoms with Crippen molar-refractivity contribution in [1.82, 2.24) is 25.1 Å². The van der Waals surface area contributed by atoms with Crippen molar-refractivity contribution in [3.63, 3.8) is 0 Å². The van der Waals surface area contributed by atoms with Crippen LogP contribution in [-0.2, 0) is 7.05 Å². The Kier molecular flexibility index (Phi) is 6.97. The second-order valence-corrected chi connectivity index (χ2v) is 6.79. The second kappa shape index (κ2) is 9.19. The van der Waals surface area contributed by atoms with Crippen molar-refractivity contribution >= 4 is 22.8 Å². The molecule has 0 fully saturated rings. The van der Waals surface area contributed by atoms with Gasteiger partial charge in [0.05, 0.1) is 18.1 Å². The summed E-state index contributed by atoms with van der Waals surface area (Å²) in [7, 11) is 1.86. The molecule has 0 aromatic carbocycles. The highest BCUT2D eigenvalue weighted by atomic mass is 15.3. The molecule has 4 N–H and O–H groups in total. The average Bonchev–Trinajstić information content (AvgIpc) is 2.93. The Morgan fingerprint density at radius 2 is 2.08 bits per heavy atom. The molecular formula is C17H30N8. The van der Waals surface area contributed by atoms with Crippen molar-refractivity contribution < 1.29 is 0 Å². The van der Waals surface area contributed by atoms with E-state index in [0.29, 0.717) is 25.1 Å². The summed E-state index contributed by atoms with van der Waals surface area (Å²) < 4.78 is 1.73. The third-order valence-corrected chi connectivity index (χ3v) is 4.03. The van der Waals surface area contributed by atoms with Gasteiger partial charge in [-0.1, -0.05) is 26.7 Å². The Balaban J connectivity index is 1.74. The zero-order valence-corrected chi connectivity index (χ0v) is 15.7. The highest BCUT2D eigenvalue weighted by molar-refractivity contribution is 5.86. The van der Waals surface area contributed by atoms with E-state index in [2.05, 4.69) is 51.5 Å². The summed E-state index contributed by atoms with van der Waals surface area (Å²) in [6.45, 7) is 7.85. The van der Waals surface area contributed by atoms with Gasteiger partial charge >= 0.3 is 0 Å². The van der Waals surface area contributed by atoms with Gasteiger partial charge < -0.3 is 16.4 Å². The molecule has 2 rings (SSSR count). The van der Waals surface area contributed by atoms with Crippen LogP contribution in [-0.4, -0.2) is 44.8 Å². The minimum Gasteiger partial charge on any atom is -0.370 e. The van der Waals surface area contributed by atoms with Gasteiger partial charge in [0.1, 0.15) is 12.1 Å². The molecule has 0 aliphatic carbocycles. The first-order valence-corrected chi connectivity index (χ1v) is 8.90. The summed E-state index contributed by atoms with van der Waals surface area (Å²) in [5.41, 5.74) is 6.75. The summed E-state index contributed by atoms with van der Waals surface area (Å²) in [6, 6.07) is 0.340. The number of guanidine groups is 1. The lowest BCUT2D eigenvalue weighted by molar-refractivity contribution is 0.493. The van der Waals surface area contributed by atoms with Crippen molar-refractivity contribution in [2.24, 2.45) is 23.7 Å². The van der Waals surface area contributed by atoms with Gasteiger partial charge in [0.15, 0.2) is 11.6 Å². The molecule has 25 heavy (non-hydrogen) atoms. The molecule has 0 amide bonds. The minimum absolute atomic E-state index is 0.340. The number of nitrogens with one attached hydrogen (secondary N) is 2. The van der Waals surface area contributed by atoms with Gasteiger partial charge in [-0.3, -0.25) is 9.67 Å². The Bertz CT molecular complexity index is 691. The molecule has 0 bridgehead atoms. The summed E-state index contributed by atoms with van der Waals surface area (Å²) in [6.07, 6.45) is 6.84. The number of fused-ring (bicyclic) bond motifs is 1. The lowest BCUT2D eigenvalue weighted by Crippen LogP contribution is -2.38. The van der Waals surface area contributed by atoms with E-state index in [1.54, 1.807) is 10.9 Å². The van der Waals surface area contributed by atoms with E-state index >= 15 is 0 Å². The molecule has 138 valence electrons. The molecule has 0 spiro atoms. The Labute approximate surface area is 149 Å². The lowest BCUT2D eigenvalue weighted by atomic mass is 10.0. The first kappa shape index (κ1) is 19.0. The third kappa shape index (κ3) is 5.88. The molecule has 8 nitrogen and oxygen atoms in total. The maximum absolute atomic E-state index is 5.95. The summed E-state index contributed by atoms with van der Waals surface area (Å²) in [5.74, 6) is 2.01. The fourth-order valence-electron chi connectivity index (χ4n) is 2.66. The number of aliphatic imine (C=N–C) groups is 1. The summed E-state index contributed by atoms with van der Waals surface area (Å²) in [5, 5.41) is 11.6. The van der Waals surface area contributed by atoms with Gasteiger partial charge in [-0.05, 0) is 19.3 Å². The van der Waals surface area contributed by atoms with Crippen LogP contribution in [0.1, 0.15) is 40.0 Å². The summed E-state index contributed by atoms with van der Waals surface area (Å²) in [4.78, 5) is 12.8. The topological polar surface area (TPSA) is 106 Å². The van der Waals surface area contributed by atoms with E-state index in [1.807, 2.05) is 7.05 Å². The second-order valence-electron chi connectivity index (χ2n) is 6.79. The first-order chi connectivity index (χ1) is 12.0. The molecule has 2 heterocycles. The van der Waals surface area contributed by atoms with Gasteiger partial charge in [0.25, 0.3) is 0 Å². The van der Waals surface area contributed by atoms with Crippen molar-refractivity contribution in [3.05, 3.63) is 12.5 Å². The van der Waals surface area contributed by atoms with Gasteiger partial charge in [-0.25, -0.2) is 9.97 Å². The highest BCUT2D eigenvalue weighted by Crippen LogP contribution is 2.17. The Morgan fingerprint density at radius 1 is 1.28 bits per heavy atom. The van der Waals surface area contributed by atoms with Crippen LogP contribution in [0.3, 0.4) is 0 Å². The van der Waals surface area contributed by atoms with Crippen molar-refractivity contribution in [2.45, 2.75) is 46.1 Å². The molecule has 1 unspecified atom stereocenters. The van der Waals surface area contributed by atoms with Gasteiger partial charge in [-0.15, -0.1) is 0 Å². The molecule has 8 heteroatoms. The average molecular weight is 346 g/mol. The monoisotopic (exact) mass is 346 g/mol. The SMILES string of the molecule is CC(C)CCCC(C)NC(N)=NCCNc1ncnc2c1cnn2C. The maximum atomic E-state index is 5.95. The fourth-order valence-corrected chi connectivity index (χ4v) is 2.66. The standard InChI is InChI=1S/C17H30N8/c1-12(2)6-5-7-13(3)24-17(18)20-9-8-19-15-14-10-23-25(4)16(14)22-11-21-15/h10-13H,5-9H2,1-4H3,(H3,18,20,24)(H,19,21,22). The van der Waals surface area contributed by atoms with Crippen LogP contribution < -0.4 is 16.4 Å². The molecule has 0 saturated carbocycles. The van der Waals surface area contributed by atoms with Crippen LogP contribution in [0.5, 0.6) is 0 Å². The van der Waals surface area contributed by atoms with Crippen LogP contribution in [0.25, 0.3) is 11.0 Å². The normalized spacial score (nSPS) is 13.4. The van der Waals surface area contributed by atoms with E-state index in [-0.39, 0.29) is 0 Å². The third-order valence-electron chi connectivity index (χ3n) is 4.03. The van der Waals surface area contributed by atoms with E-state index in [4.69, 9.17) is 5.73 Å². The van der Waals surface area contributed by atoms with Crippen molar-refractivity contribution in [3.8, 4) is 0 Å². The quantitative estimate of drug-likeness (QED) is 0.364. The van der Waals surface area contributed by atoms with E-state index < -0.39 is 0 Å². The number of aromatic nitrogens is 4. The Morgan fingerprint density at radius 3 is 2.84 bits per heavy atom. The molecule has 0 saturated heterocycles. The predicted octanol–water partition coefficient (Wildman–Crippen LogP) is 1.89. The number of hydrogen-bond donors (Lipinski definition) is 3. The van der Waals surface area contributed by atoms with Crippen LogP contribution in [0.15, 0.2) is 17.5 Å². The summed E-state index contributed by atoms with van der Waals surface area (Å²) >= 11 is 0. The molecule has 0 aliphatic rings. The smallest absolute Gasteiger partial charge is 0.188 e. The number of rotatable bonds is 9. The molecule has 0 radical (unpaired) electrons. The first-order valence-electron chi connectivity index (χ1n) is 8.90. The van der Waals surface area contributed by atoms with E-state index in [9.17, 15) is 0 Å². The number of nitrogens with two attached hydrogens (primary N) is 1. The molecule has 0 aliphatic heterocycles. The zero-order chi connectivity index (χ0) is 18.2.